The topological polar surface area (TPSA) is 58.1 Å². The third-order valence-corrected chi connectivity index (χ3v) is 6.43. The smallest absolute Gasteiger partial charge is 0.316 e. The fourth-order valence-corrected chi connectivity index (χ4v) is 5.01. The van der Waals surface area contributed by atoms with Gasteiger partial charge in [0, 0.05) is 24.2 Å². The minimum absolute atomic E-state index is 0.0744. The van der Waals surface area contributed by atoms with Gasteiger partial charge in [-0.1, -0.05) is 49.3 Å². The number of fused-ring (bicyclic) bond motifs is 1. The monoisotopic (exact) mass is 393 g/mol. The van der Waals surface area contributed by atoms with Crippen LogP contribution in [0.2, 0.25) is 0 Å². The van der Waals surface area contributed by atoms with E-state index in [0.717, 1.165) is 11.9 Å². The number of aromatic amines is 1. The van der Waals surface area contributed by atoms with Crippen molar-refractivity contribution in [3.05, 3.63) is 69.3 Å². The van der Waals surface area contributed by atoms with Crippen molar-refractivity contribution >= 4 is 11.0 Å². The second kappa shape index (κ2) is 8.54. The van der Waals surface area contributed by atoms with Crippen molar-refractivity contribution in [2.45, 2.75) is 76.5 Å². The zero-order valence-electron chi connectivity index (χ0n) is 17.4. The van der Waals surface area contributed by atoms with Crippen LogP contribution in [0.1, 0.15) is 58.4 Å². The third kappa shape index (κ3) is 4.01. The Bertz CT molecular complexity index is 1030. The van der Waals surface area contributed by atoms with Crippen LogP contribution in [0.25, 0.3) is 11.0 Å². The number of H-pyrrole nitrogens is 1. The SMILES string of the molecule is CC1C=CC(C[C@@H](C)n2c(=O)c(=O)[nH]c3ccccc32)N1C1/C=C\CCCCC1. The molecule has 0 saturated heterocycles. The highest BCUT2D eigenvalue weighted by Crippen LogP contribution is 2.30. The number of hydrogen-bond donors (Lipinski definition) is 1. The number of para-hydroxylation sites is 2. The van der Waals surface area contributed by atoms with E-state index >= 15 is 0 Å². The van der Waals surface area contributed by atoms with Crippen LogP contribution in [0.15, 0.2) is 58.2 Å². The Morgan fingerprint density at radius 1 is 1.10 bits per heavy atom. The van der Waals surface area contributed by atoms with Crippen LogP contribution >= 0.6 is 0 Å². The summed E-state index contributed by atoms with van der Waals surface area (Å²) in [5.41, 5.74) is 0.477. The van der Waals surface area contributed by atoms with Crippen LogP contribution in [0, 0.1) is 0 Å². The predicted octanol–water partition coefficient (Wildman–Crippen LogP) is 4.16. The first-order chi connectivity index (χ1) is 14.1. The molecule has 1 aliphatic heterocycles. The van der Waals surface area contributed by atoms with Crippen molar-refractivity contribution in [2.24, 2.45) is 0 Å². The highest BCUT2D eigenvalue weighted by Gasteiger charge is 2.32. The van der Waals surface area contributed by atoms with Crippen molar-refractivity contribution in [3.63, 3.8) is 0 Å². The van der Waals surface area contributed by atoms with Gasteiger partial charge in [0.2, 0.25) is 0 Å². The summed E-state index contributed by atoms with van der Waals surface area (Å²) in [5.74, 6) is 0. The maximum absolute atomic E-state index is 12.7. The lowest BCUT2D eigenvalue weighted by molar-refractivity contribution is 0.151. The average molecular weight is 394 g/mol. The van der Waals surface area contributed by atoms with Crippen LogP contribution in [-0.4, -0.2) is 32.6 Å². The minimum Gasteiger partial charge on any atom is -0.316 e. The second-order valence-corrected chi connectivity index (χ2v) is 8.50. The van der Waals surface area contributed by atoms with Gasteiger partial charge < -0.3 is 4.98 Å². The van der Waals surface area contributed by atoms with E-state index < -0.39 is 11.1 Å². The van der Waals surface area contributed by atoms with Crippen molar-refractivity contribution < 1.29 is 0 Å². The van der Waals surface area contributed by atoms with Gasteiger partial charge in [-0.15, -0.1) is 0 Å². The molecule has 2 heterocycles. The van der Waals surface area contributed by atoms with E-state index in [0.29, 0.717) is 17.6 Å². The van der Waals surface area contributed by atoms with Crippen molar-refractivity contribution in [2.75, 3.05) is 0 Å². The molecule has 2 aromatic rings. The summed E-state index contributed by atoms with van der Waals surface area (Å²) in [5, 5.41) is 0. The summed E-state index contributed by atoms with van der Waals surface area (Å²) >= 11 is 0. The van der Waals surface area contributed by atoms with Crippen molar-refractivity contribution in [1.29, 1.82) is 0 Å². The first-order valence-electron chi connectivity index (χ1n) is 10.9. The largest absolute Gasteiger partial charge is 0.316 e. The molecular weight excluding hydrogens is 362 g/mol. The standard InChI is InChI=1S/C24H31N3O2/c1-17-14-15-20(26(17)19-10-6-4-3-5-7-11-19)16-18(2)27-22-13-9-8-12-21(22)25-23(28)24(27)29/h6,8-10,12-15,17-20H,3-5,7,11,16H2,1-2H3,(H,25,28)/b10-6-/t17?,18-,19?,20?/m1/s1. The Labute approximate surface area is 171 Å². The molecule has 1 N–H and O–H groups in total. The number of aromatic nitrogens is 2. The lowest BCUT2D eigenvalue weighted by atomic mass is 9.98. The normalized spacial score (nSPS) is 27.6. The molecule has 5 nitrogen and oxygen atoms in total. The van der Waals surface area contributed by atoms with Crippen LogP contribution < -0.4 is 11.1 Å². The van der Waals surface area contributed by atoms with Gasteiger partial charge in [-0.25, -0.2) is 0 Å². The first kappa shape index (κ1) is 19.9. The minimum atomic E-state index is -0.550. The van der Waals surface area contributed by atoms with Crippen molar-refractivity contribution in [1.82, 2.24) is 14.5 Å². The number of hydrogen-bond acceptors (Lipinski definition) is 3. The summed E-state index contributed by atoms with van der Waals surface area (Å²) in [6.07, 6.45) is 16.3. The lowest BCUT2D eigenvalue weighted by Gasteiger charge is -2.37. The summed E-state index contributed by atoms with van der Waals surface area (Å²) < 4.78 is 1.68. The Hall–Kier alpha value is -2.40. The van der Waals surface area contributed by atoms with Crippen LogP contribution in [0.3, 0.4) is 0 Å². The third-order valence-electron chi connectivity index (χ3n) is 6.43. The quantitative estimate of drug-likeness (QED) is 0.627. The molecule has 29 heavy (non-hydrogen) atoms. The Kier molecular flexibility index (Phi) is 5.86. The maximum atomic E-state index is 12.7. The molecular formula is C24H31N3O2. The molecule has 0 bridgehead atoms. The van der Waals surface area contributed by atoms with Gasteiger partial charge in [0.15, 0.2) is 0 Å². The van der Waals surface area contributed by atoms with Crippen LogP contribution in [0.4, 0.5) is 0 Å². The first-order valence-corrected chi connectivity index (χ1v) is 10.9. The molecule has 4 rings (SSSR count). The van der Waals surface area contributed by atoms with Gasteiger partial charge in [0.05, 0.1) is 11.0 Å². The second-order valence-electron chi connectivity index (χ2n) is 8.50. The summed E-state index contributed by atoms with van der Waals surface area (Å²) in [6.45, 7) is 4.30. The van der Waals surface area contributed by atoms with Gasteiger partial charge in [-0.3, -0.25) is 19.1 Å². The van der Waals surface area contributed by atoms with E-state index in [1.54, 1.807) is 4.57 Å². The Morgan fingerprint density at radius 2 is 1.93 bits per heavy atom. The zero-order chi connectivity index (χ0) is 20.4. The molecule has 154 valence electrons. The van der Waals surface area contributed by atoms with Crippen LogP contribution in [0.5, 0.6) is 0 Å². The number of rotatable bonds is 4. The average Bonchev–Trinajstić information content (AvgIpc) is 3.03. The van der Waals surface area contributed by atoms with Crippen molar-refractivity contribution in [3.8, 4) is 0 Å². The summed E-state index contributed by atoms with van der Waals surface area (Å²) in [7, 11) is 0. The Morgan fingerprint density at radius 3 is 2.79 bits per heavy atom. The molecule has 1 aliphatic carbocycles. The van der Waals surface area contributed by atoms with Gasteiger partial charge in [-0.2, -0.15) is 0 Å². The highest BCUT2D eigenvalue weighted by molar-refractivity contribution is 5.74. The number of nitrogens with one attached hydrogen (secondary N) is 1. The molecule has 0 spiro atoms. The molecule has 2 aliphatic rings. The molecule has 5 heteroatoms. The molecule has 0 fully saturated rings. The molecule has 0 saturated carbocycles. The number of benzene rings is 1. The van der Waals surface area contributed by atoms with Gasteiger partial charge in [0.1, 0.15) is 0 Å². The predicted molar refractivity (Wildman–Crippen MR) is 118 cm³/mol. The van der Waals surface area contributed by atoms with E-state index in [2.05, 4.69) is 48.0 Å². The van der Waals surface area contributed by atoms with E-state index in [-0.39, 0.29) is 12.1 Å². The van der Waals surface area contributed by atoms with Gasteiger partial charge >= 0.3 is 11.1 Å². The number of allylic oxidation sites excluding steroid dienone is 1. The molecule has 4 atom stereocenters. The fraction of sp³-hybridized carbons (Fsp3) is 0.500. The molecule has 3 unspecified atom stereocenters. The molecule has 0 amide bonds. The molecule has 1 aromatic heterocycles. The number of nitrogens with zero attached hydrogens (tertiary/aromatic N) is 2. The van der Waals surface area contributed by atoms with E-state index in [1.807, 2.05) is 24.3 Å². The zero-order valence-corrected chi connectivity index (χ0v) is 17.4. The lowest BCUT2D eigenvalue weighted by Crippen LogP contribution is -2.45. The maximum Gasteiger partial charge on any atom is 0.316 e. The molecule has 1 aromatic carbocycles. The van der Waals surface area contributed by atoms with Crippen LogP contribution in [-0.2, 0) is 0 Å². The Balaban J connectivity index is 1.63. The van der Waals surface area contributed by atoms with E-state index in [4.69, 9.17) is 0 Å². The molecule has 0 radical (unpaired) electrons. The summed E-state index contributed by atoms with van der Waals surface area (Å²) in [4.78, 5) is 30.2. The highest BCUT2D eigenvalue weighted by atomic mass is 16.2. The van der Waals surface area contributed by atoms with E-state index in [9.17, 15) is 9.59 Å². The fourth-order valence-electron chi connectivity index (χ4n) is 5.01. The van der Waals surface area contributed by atoms with Gasteiger partial charge in [-0.05, 0) is 51.7 Å². The van der Waals surface area contributed by atoms with Gasteiger partial charge in [0.25, 0.3) is 0 Å². The van der Waals surface area contributed by atoms with E-state index in [1.165, 1.54) is 32.1 Å². The summed E-state index contributed by atoms with van der Waals surface area (Å²) in [6, 6.07) is 8.55.